The first kappa shape index (κ1) is 60.6. The summed E-state index contributed by atoms with van der Waals surface area (Å²) >= 11 is 11.8. The number of halogens is 3. The predicted molar refractivity (Wildman–Crippen MR) is 292 cm³/mol. The average molecular weight is 1090 g/mol. The van der Waals surface area contributed by atoms with Crippen LogP contribution in [0.2, 0.25) is 5.02 Å². The highest BCUT2D eigenvalue weighted by Crippen LogP contribution is 2.49. The van der Waals surface area contributed by atoms with Crippen LogP contribution in [0, 0.1) is 17.3 Å². The number of rotatable bonds is 28. The molecule has 0 bridgehead atoms. The lowest BCUT2D eigenvalue weighted by Gasteiger charge is -2.45. The molecule has 2 fully saturated rings. The van der Waals surface area contributed by atoms with Gasteiger partial charge in [-0.1, -0.05) is 61.8 Å². The monoisotopic (exact) mass is 1090 g/mol. The summed E-state index contributed by atoms with van der Waals surface area (Å²) in [5, 5.41) is 18.3. The number of fused-ring (bicyclic) bond motifs is 1. The molecule has 6 N–H and O–H groups in total. The number of carbonyl (C=O) groups excluding carboxylic acids is 7. The van der Waals surface area contributed by atoms with Crippen LogP contribution in [0.1, 0.15) is 96.3 Å². The summed E-state index contributed by atoms with van der Waals surface area (Å²) in [4.78, 5) is 86.2. The molecule has 1 saturated carbocycles. The maximum Gasteiger partial charge on any atom is 0.264 e. The first-order valence-corrected chi connectivity index (χ1v) is 26.2. The lowest BCUT2D eigenvalue weighted by molar-refractivity contribution is -0.123. The van der Waals surface area contributed by atoms with Crippen molar-refractivity contribution < 1.29 is 52.2 Å². The zero-order chi connectivity index (χ0) is 55.1. The number of nitrogens with one attached hydrogen (secondary N) is 6. The molecule has 3 aliphatic rings. The van der Waals surface area contributed by atoms with Gasteiger partial charge in [0.15, 0.2) is 0 Å². The maximum absolute atomic E-state index is 15.2. The Hall–Kier alpha value is -6.28. The number of ether oxygens (including phenoxy) is 3. The largest absolute Gasteiger partial charge is 0.384 e. The van der Waals surface area contributed by atoms with Crippen molar-refractivity contribution in [2.75, 3.05) is 82.3 Å². The van der Waals surface area contributed by atoms with E-state index in [1.807, 2.05) is 0 Å². The highest BCUT2D eigenvalue weighted by molar-refractivity contribution is 6.31. The van der Waals surface area contributed by atoms with E-state index < -0.39 is 35.2 Å². The van der Waals surface area contributed by atoms with Crippen LogP contribution in [0.25, 0.3) is 0 Å². The van der Waals surface area contributed by atoms with E-state index >= 15 is 4.39 Å². The molecular formula is C56H70Cl2FN7O10. The van der Waals surface area contributed by atoms with E-state index in [2.05, 4.69) is 52.3 Å². The van der Waals surface area contributed by atoms with Crippen LogP contribution in [0.3, 0.4) is 0 Å². The van der Waals surface area contributed by atoms with Gasteiger partial charge in [0.25, 0.3) is 17.7 Å². The van der Waals surface area contributed by atoms with Gasteiger partial charge in [0.05, 0.1) is 49.5 Å². The van der Waals surface area contributed by atoms with Crippen LogP contribution >= 0.6 is 23.2 Å². The number of nitrogens with zero attached hydrogens (tertiary/aromatic N) is 1. The Bertz CT molecular complexity index is 2550. The third-order valence-electron chi connectivity index (χ3n) is 13.5. The number of amides is 6. The fourth-order valence-electron chi connectivity index (χ4n) is 9.25. The molecule has 3 unspecified atom stereocenters. The number of imide groups is 1. The molecule has 2 aliphatic heterocycles. The van der Waals surface area contributed by atoms with Gasteiger partial charge in [-0.25, -0.2) is 4.39 Å². The zero-order valence-corrected chi connectivity index (χ0v) is 44.9. The molecule has 1 aliphatic carbocycles. The molecule has 2 heterocycles. The van der Waals surface area contributed by atoms with Crippen LogP contribution in [0.4, 0.5) is 21.5 Å². The molecule has 6 rings (SSSR count). The summed E-state index contributed by atoms with van der Waals surface area (Å²) < 4.78 is 31.8. The van der Waals surface area contributed by atoms with Crippen molar-refractivity contribution in [2.45, 2.75) is 76.8 Å². The Morgan fingerprint density at radius 3 is 2.17 bits per heavy atom. The van der Waals surface area contributed by atoms with Crippen LogP contribution in [0.5, 0.6) is 0 Å². The molecule has 76 heavy (non-hydrogen) atoms. The van der Waals surface area contributed by atoms with Crippen molar-refractivity contribution in [1.29, 1.82) is 0 Å². The quantitative estimate of drug-likeness (QED) is 0.0175. The molecule has 1 saturated heterocycles. The predicted octanol–water partition coefficient (Wildman–Crippen LogP) is 8.23. The topological polar surface area (TPSA) is 223 Å². The highest BCUT2D eigenvalue weighted by Gasteiger charge is 2.55. The first-order valence-electron chi connectivity index (χ1n) is 25.4. The van der Waals surface area contributed by atoms with Gasteiger partial charge in [0, 0.05) is 90.5 Å². The van der Waals surface area contributed by atoms with Crippen LogP contribution in [-0.2, 0) is 33.4 Å². The normalized spacial score (nSPS) is 17.8. The smallest absolute Gasteiger partial charge is 0.264 e. The summed E-state index contributed by atoms with van der Waals surface area (Å²) in [6.07, 6.45) is 10.6. The number of aldehydes is 1. The summed E-state index contributed by atoms with van der Waals surface area (Å²) in [6, 6.07) is 17.5. The van der Waals surface area contributed by atoms with Crippen LogP contribution in [-0.4, -0.2) is 125 Å². The van der Waals surface area contributed by atoms with Gasteiger partial charge >= 0.3 is 0 Å². The van der Waals surface area contributed by atoms with Gasteiger partial charge in [-0.05, 0) is 117 Å². The molecule has 410 valence electrons. The Morgan fingerprint density at radius 1 is 0.882 bits per heavy atom. The van der Waals surface area contributed by atoms with E-state index in [1.165, 1.54) is 25.3 Å². The molecule has 6 amide bonds. The van der Waals surface area contributed by atoms with Crippen LogP contribution in [0.15, 0.2) is 102 Å². The lowest BCUT2D eigenvalue weighted by atomic mass is 9.64. The Labute approximate surface area is 454 Å². The molecule has 3 atom stereocenters. The van der Waals surface area contributed by atoms with E-state index in [4.69, 9.17) is 37.4 Å². The second-order valence-electron chi connectivity index (χ2n) is 19.3. The molecule has 0 aromatic heterocycles. The summed E-state index contributed by atoms with van der Waals surface area (Å²) in [6.45, 7) is 12.0. The summed E-state index contributed by atoms with van der Waals surface area (Å²) in [7, 11) is 1.48. The van der Waals surface area contributed by atoms with E-state index in [0.717, 1.165) is 30.6 Å². The van der Waals surface area contributed by atoms with Crippen molar-refractivity contribution in [3.05, 3.63) is 124 Å². The second-order valence-corrected chi connectivity index (χ2v) is 20.3. The van der Waals surface area contributed by atoms with Crippen molar-refractivity contribution in [3.63, 3.8) is 0 Å². The molecule has 17 nitrogen and oxygen atoms in total. The number of benzene rings is 3. The standard InChI is InChI=1S/C32H41N5O9.C24H29Cl2FN2O/c1-33-28(40)12-11-25(21-38)37-31(42)26-5-2-6-27(29(26)32(37)43)34-13-3-15-44-17-19-46-20-18-45-16-4-14-35-30(41)23-7-9-24(10-8-23)36-22-39;1-16(25)6-4-9-20(27)19-15-28-24(12-10-23(2,3)11-13-24)21(19)22(30)29-18-8-5-7-17(26)14-18/h2,5-10,21-22,25,34H,3-4,11-20H2,1H3,(H,33,40)(H,35,41)(H,36,39);4-9,14,19,21,28H,1,10-13,15H2,2-3H3,(H,29,30)/b;6-4-,20-9-. The zero-order valence-electron chi connectivity index (χ0n) is 43.4. The minimum atomic E-state index is -1.02. The second kappa shape index (κ2) is 30.5. The fraction of sp³-hybridized carbons (Fsp3) is 0.446. The van der Waals surface area contributed by atoms with Gasteiger partial charge in [0.1, 0.15) is 12.1 Å². The van der Waals surface area contributed by atoms with Crippen molar-refractivity contribution in [1.82, 2.24) is 20.9 Å². The third kappa shape index (κ3) is 17.9. The molecule has 0 radical (unpaired) electrons. The number of hydrogen-bond donors (Lipinski definition) is 6. The number of carbonyl (C=O) groups is 7. The minimum Gasteiger partial charge on any atom is -0.384 e. The number of anilines is 3. The van der Waals surface area contributed by atoms with Crippen molar-refractivity contribution >= 4 is 82.5 Å². The summed E-state index contributed by atoms with van der Waals surface area (Å²) in [5.74, 6) is -3.16. The molecule has 20 heteroatoms. The first-order chi connectivity index (χ1) is 36.5. The van der Waals surface area contributed by atoms with Crippen LogP contribution < -0.4 is 31.9 Å². The molecule has 3 aromatic carbocycles. The van der Waals surface area contributed by atoms with E-state index in [9.17, 15) is 33.6 Å². The summed E-state index contributed by atoms with van der Waals surface area (Å²) in [5.41, 5.74) is 2.50. The van der Waals surface area contributed by atoms with Gasteiger partial charge in [-0.3, -0.25) is 33.7 Å². The molecular weight excluding hydrogens is 1020 g/mol. The van der Waals surface area contributed by atoms with Crippen molar-refractivity contribution in [2.24, 2.45) is 17.3 Å². The highest BCUT2D eigenvalue weighted by atomic mass is 35.5. The van der Waals surface area contributed by atoms with Gasteiger partial charge in [-0.2, -0.15) is 0 Å². The molecule has 3 aromatic rings. The van der Waals surface area contributed by atoms with E-state index in [0.29, 0.717) is 117 Å². The fourth-order valence-corrected chi connectivity index (χ4v) is 9.51. The van der Waals surface area contributed by atoms with E-state index in [-0.39, 0.29) is 52.9 Å². The minimum absolute atomic E-state index is 0.0154. The van der Waals surface area contributed by atoms with Crippen molar-refractivity contribution in [3.8, 4) is 0 Å². The Morgan fingerprint density at radius 2 is 1.54 bits per heavy atom. The Balaban J connectivity index is 0.000000306. The van der Waals surface area contributed by atoms with Gasteiger partial charge in [0.2, 0.25) is 18.2 Å². The maximum atomic E-state index is 15.2. The number of hydrogen-bond acceptors (Lipinski definition) is 12. The van der Waals surface area contributed by atoms with E-state index in [1.54, 1.807) is 66.7 Å². The SMILES string of the molecule is C=C(Cl)/C=C\C=C(/F)C1CNC2(CCC(C)(C)CC2)C1C(=O)Nc1cccc(Cl)c1.CNC(=O)CCC(C=O)N1C(=O)c2cccc(NCCCOCCOCCOCCCNC(=O)c3ccc(NC=O)cc3)c2C1=O. The third-order valence-corrected chi connectivity index (χ3v) is 13.8. The van der Waals surface area contributed by atoms with Gasteiger partial charge < -0.3 is 50.9 Å². The number of allylic oxidation sites excluding steroid dienone is 4. The average Bonchev–Trinajstić information content (AvgIpc) is 3.94. The lowest BCUT2D eigenvalue weighted by Crippen LogP contribution is -2.52. The Kier molecular flexibility index (Phi) is 24.3. The molecule has 1 spiro atoms. The van der Waals surface area contributed by atoms with Gasteiger partial charge in [-0.15, -0.1) is 0 Å².